The molecule has 4 N–H and O–H groups in total. The highest BCUT2D eigenvalue weighted by molar-refractivity contribution is 6.06. The van der Waals surface area contributed by atoms with Gasteiger partial charge >= 0.3 is 0 Å². The van der Waals surface area contributed by atoms with E-state index in [1.54, 1.807) is 43.0 Å². The van der Waals surface area contributed by atoms with Gasteiger partial charge in [-0.25, -0.2) is 4.39 Å². The van der Waals surface area contributed by atoms with Crippen LogP contribution in [-0.2, 0) is 13.0 Å². The molecule has 0 fully saturated rings. The minimum absolute atomic E-state index is 0.0473. The number of nitrogens with zero attached hydrogens (tertiary/aromatic N) is 3. The normalized spacial score (nSPS) is 12.8. The fourth-order valence-electron chi connectivity index (χ4n) is 4.47. The second-order valence-electron chi connectivity index (χ2n) is 8.47. The lowest BCUT2D eigenvalue weighted by atomic mass is 10.0. The summed E-state index contributed by atoms with van der Waals surface area (Å²) in [4.78, 5) is 25.0. The molecule has 186 valence electrons. The van der Waals surface area contributed by atoms with E-state index in [4.69, 9.17) is 9.47 Å². The van der Waals surface area contributed by atoms with Crippen molar-refractivity contribution in [3.8, 4) is 22.8 Å². The topological polar surface area (TPSA) is 130 Å². The quantitative estimate of drug-likeness (QED) is 0.265. The van der Waals surface area contributed by atoms with Crippen LogP contribution in [0.5, 0.6) is 11.5 Å². The lowest BCUT2D eigenvalue weighted by molar-refractivity contribution is 0.0947. The second kappa shape index (κ2) is 9.26. The van der Waals surface area contributed by atoms with E-state index in [0.29, 0.717) is 52.6 Å². The molecule has 1 amide bonds. The van der Waals surface area contributed by atoms with Gasteiger partial charge in [0.2, 0.25) is 0 Å². The number of fused-ring (bicyclic) bond motifs is 2. The van der Waals surface area contributed by atoms with Crippen molar-refractivity contribution in [1.82, 2.24) is 30.5 Å². The van der Waals surface area contributed by atoms with Crippen molar-refractivity contribution in [2.45, 2.75) is 13.0 Å². The molecule has 1 aliphatic rings. The summed E-state index contributed by atoms with van der Waals surface area (Å²) in [5, 5.41) is 14.0. The van der Waals surface area contributed by atoms with Gasteiger partial charge in [-0.1, -0.05) is 6.07 Å². The summed E-state index contributed by atoms with van der Waals surface area (Å²) in [7, 11) is 1.40. The van der Waals surface area contributed by atoms with Gasteiger partial charge < -0.3 is 25.1 Å². The van der Waals surface area contributed by atoms with E-state index in [1.807, 2.05) is 6.07 Å². The summed E-state index contributed by atoms with van der Waals surface area (Å²) in [5.74, 6) is -0.207. The summed E-state index contributed by atoms with van der Waals surface area (Å²) >= 11 is 0. The molecule has 5 aromatic rings. The maximum absolute atomic E-state index is 14.4. The number of anilines is 2. The van der Waals surface area contributed by atoms with Crippen LogP contribution in [-0.4, -0.2) is 44.7 Å². The largest absolute Gasteiger partial charge is 0.492 e. The van der Waals surface area contributed by atoms with Gasteiger partial charge in [-0.05, 0) is 24.3 Å². The molecule has 0 aliphatic carbocycles. The van der Waals surface area contributed by atoms with E-state index in [0.717, 1.165) is 16.6 Å². The third kappa shape index (κ3) is 4.10. The molecule has 0 saturated heterocycles. The number of rotatable bonds is 7. The highest BCUT2D eigenvalue weighted by Crippen LogP contribution is 2.42. The molecule has 0 radical (unpaired) electrons. The zero-order valence-electron chi connectivity index (χ0n) is 19.8. The number of pyridine rings is 2. The molecular weight excluding hydrogens is 477 g/mol. The van der Waals surface area contributed by atoms with Crippen molar-refractivity contribution in [3.63, 3.8) is 0 Å². The molecular formula is C26H22FN7O3. The van der Waals surface area contributed by atoms with Crippen LogP contribution in [0.1, 0.15) is 21.7 Å². The predicted octanol–water partition coefficient (Wildman–Crippen LogP) is 4.10. The van der Waals surface area contributed by atoms with Gasteiger partial charge in [-0.3, -0.25) is 19.9 Å². The first kappa shape index (κ1) is 22.5. The third-order valence-corrected chi connectivity index (χ3v) is 6.21. The van der Waals surface area contributed by atoms with Crippen molar-refractivity contribution in [2.75, 3.05) is 19.0 Å². The maximum Gasteiger partial charge on any atom is 0.255 e. The molecule has 37 heavy (non-hydrogen) atoms. The Morgan fingerprint density at radius 1 is 1.19 bits per heavy atom. The first-order valence-corrected chi connectivity index (χ1v) is 11.6. The van der Waals surface area contributed by atoms with E-state index in [-0.39, 0.29) is 18.3 Å². The van der Waals surface area contributed by atoms with E-state index < -0.39 is 5.82 Å². The number of hydrogen-bond donors (Lipinski definition) is 4. The summed E-state index contributed by atoms with van der Waals surface area (Å²) in [6.07, 6.45) is 7.30. The van der Waals surface area contributed by atoms with Crippen LogP contribution >= 0.6 is 0 Å². The number of H-pyrrole nitrogens is 2. The summed E-state index contributed by atoms with van der Waals surface area (Å²) in [5.41, 5.74) is 4.97. The molecule has 6 rings (SSSR count). The average Bonchev–Trinajstić information content (AvgIpc) is 3.53. The Balaban J connectivity index is 1.40. The Bertz CT molecular complexity index is 1630. The van der Waals surface area contributed by atoms with Crippen LogP contribution in [0.25, 0.3) is 22.2 Å². The minimum atomic E-state index is -0.516. The van der Waals surface area contributed by atoms with E-state index in [1.165, 1.54) is 13.2 Å². The van der Waals surface area contributed by atoms with E-state index in [9.17, 15) is 9.18 Å². The van der Waals surface area contributed by atoms with Gasteiger partial charge in [0.15, 0.2) is 11.6 Å². The number of hydrogen-bond acceptors (Lipinski definition) is 7. The van der Waals surface area contributed by atoms with Crippen LogP contribution < -0.4 is 20.1 Å². The lowest BCUT2D eigenvalue weighted by Crippen LogP contribution is -2.31. The summed E-state index contributed by atoms with van der Waals surface area (Å²) in [6, 6.07) is 8.24. The molecule has 1 aliphatic heterocycles. The standard InChI is InChI=1S/C26H22FN7O3/c1-36-25-17(27)3-2-4-19(25)33-24-22-18(6-8-29-26(22)35)32-23(24)16-5-7-28-12-21(16)37-13-15-9-20-14(10-30-15)11-31-34-20/h2-5,7,9-12,32-33H,6,8,13H2,1H3,(H,29,35)(H,31,34). The number of halogens is 1. The smallest absolute Gasteiger partial charge is 0.255 e. The zero-order valence-corrected chi connectivity index (χ0v) is 19.8. The number of methoxy groups -OCH3 is 1. The molecule has 10 nitrogen and oxygen atoms in total. The first-order chi connectivity index (χ1) is 18.1. The molecule has 4 aromatic heterocycles. The predicted molar refractivity (Wildman–Crippen MR) is 135 cm³/mol. The molecule has 5 heterocycles. The number of carbonyl (C=O) groups is 1. The summed E-state index contributed by atoms with van der Waals surface area (Å²) < 4.78 is 25.8. The van der Waals surface area contributed by atoms with Gasteiger partial charge in [0.1, 0.15) is 12.4 Å². The molecule has 0 atom stereocenters. The number of aromatic amines is 2. The monoisotopic (exact) mass is 499 g/mol. The Hall–Kier alpha value is -4.93. The first-order valence-electron chi connectivity index (χ1n) is 11.6. The lowest BCUT2D eigenvalue weighted by Gasteiger charge is -2.17. The second-order valence-corrected chi connectivity index (χ2v) is 8.47. The van der Waals surface area contributed by atoms with Crippen LogP contribution in [0.4, 0.5) is 15.8 Å². The Labute approximate surface area is 210 Å². The van der Waals surface area contributed by atoms with E-state index >= 15 is 0 Å². The van der Waals surface area contributed by atoms with Crippen molar-refractivity contribution in [2.24, 2.45) is 0 Å². The number of benzene rings is 1. The van der Waals surface area contributed by atoms with Gasteiger partial charge in [-0.15, -0.1) is 0 Å². The number of ether oxygens (including phenoxy) is 2. The summed E-state index contributed by atoms with van der Waals surface area (Å²) in [6.45, 7) is 0.699. The fourth-order valence-corrected chi connectivity index (χ4v) is 4.47. The number of nitrogens with one attached hydrogen (secondary N) is 4. The fraction of sp³-hybridized carbons (Fsp3) is 0.154. The molecule has 0 unspecified atom stereocenters. The van der Waals surface area contributed by atoms with Crippen molar-refractivity contribution in [3.05, 3.63) is 77.9 Å². The minimum Gasteiger partial charge on any atom is -0.492 e. The maximum atomic E-state index is 14.4. The Morgan fingerprint density at radius 2 is 2.11 bits per heavy atom. The van der Waals surface area contributed by atoms with Crippen LogP contribution in [0.3, 0.4) is 0 Å². The average molecular weight is 500 g/mol. The SMILES string of the molecule is COc1c(F)cccc1Nc1c(-c2ccncc2OCc2cc3[nH]ncc3cn2)[nH]c2c1C(=O)NCC2. The molecule has 0 saturated carbocycles. The van der Waals surface area contributed by atoms with Crippen molar-refractivity contribution < 1.29 is 18.7 Å². The third-order valence-electron chi connectivity index (χ3n) is 6.21. The Kier molecular flexibility index (Phi) is 5.64. The van der Waals surface area contributed by atoms with Crippen LogP contribution in [0.15, 0.2) is 55.1 Å². The number of para-hydroxylation sites is 1. The number of amides is 1. The van der Waals surface area contributed by atoms with E-state index in [2.05, 4.69) is 35.8 Å². The van der Waals surface area contributed by atoms with Gasteiger partial charge in [0.05, 0.1) is 53.3 Å². The van der Waals surface area contributed by atoms with Crippen LogP contribution in [0, 0.1) is 5.82 Å². The molecule has 1 aromatic carbocycles. The number of aromatic nitrogens is 5. The molecule has 0 bridgehead atoms. The number of carbonyl (C=O) groups excluding carboxylic acids is 1. The molecule has 0 spiro atoms. The molecule has 11 heteroatoms. The zero-order chi connectivity index (χ0) is 25.4. The van der Waals surface area contributed by atoms with Gasteiger partial charge in [-0.2, -0.15) is 5.10 Å². The van der Waals surface area contributed by atoms with Gasteiger partial charge in [0.25, 0.3) is 5.91 Å². The Morgan fingerprint density at radius 3 is 3.00 bits per heavy atom. The van der Waals surface area contributed by atoms with Crippen molar-refractivity contribution >= 4 is 28.2 Å². The van der Waals surface area contributed by atoms with Gasteiger partial charge in [0, 0.05) is 42.0 Å². The van der Waals surface area contributed by atoms with Crippen LogP contribution in [0.2, 0.25) is 0 Å². The highest BCUT2D eigenvalue weighted by Gasteiger charge is 2.29. The highest BCUT2D eigenvalue weighted by atomic mass is 19.1. The van der Waals surface area contributed by atoms with Crippen molar-refractivity contribution in [1.29, 1.82) is 0 Å².